The maximum Gasteiger partial charge on any atom is 0.106 e. The van der Waals surface area contributed by atoms with E-state index in [0.717, 1.165) is 23.6 Å². The van der Waals surface area contributed by atoms with Gasteiger partial charge in [-0.05, 0) is 13.8 Å². The lowest BCUT2D eigenvalue weighted by molar-refractivity contribution is 0.903. The van der Waals surface area contributed by atoms with Crippen LogP contribution in [0.4, 0.5) is 0 Å². The number of nitrogens with zero attached hydrogens (tertiary/aromatic N) is 3. The zero-order valence-electron chi connectivity index (χ0n) is 10.4. The molecule has 0 saturated heterocycles. The van der Waals surface area contributed by atoms with Gasteiger partial charge in [-0.25, -0.2) is 9.97 Å². The average molecular weight is 231 g/mol. The Bertz CT molecular complexity index is 446. The summed E-state index contributed by atoms with van der Waals surface area (Å²) in [6.45, 7) is 5.85. The van der Waals surface area contributed by atoms with Crippen molar-refractivity contribution in [2.24, 2.45) is 0 Å². The number of hydrogen-bond acceptors (Lipinski definition) is 3. The van der Waals surface area contributed by atoms with E-state index in [4.69, 9.17) is 5.26 Å². The van der Waals surface area contributed by atoms with Crippen molar-refractivity contribution in [3.63, 3.8) is 0 Å². The van der Waals surface area contributed by atoms with Crippen molar-refractivity contribution in [2.75, 3.05) is 0 Å². The molecule has 2 N–H and O–H groups in total. The normalized spacial score (nSPS) is 11.2. The molecule has 0 fully saturated rings. The SMILES string of the molecule is CCc1nc(C)c(C(C)C#N)[nH]1.c1c[nH]cn1. The third-order valence-electron chi connectivity index (χ3n) is 2.34. The van der Waals surface area contributed by atoms with Gasteiger partial charge in [0.25, 0.3) is 0 Å². The lowest BCUT2D eigenvalue weighted by Gasteiger charge is -1.97. The van der Waals surface area contributed by atoms with Crippen LogP contribution in [0, 0.1) is 18.3 Å². The molecule has 0 aromatic carbocycles. The molecule has 2 rings (SSSR count). The Kier molecular flexibility index (Phi) is 4.95. The molecule has 5 heteroatoms. The van der Waals surface area contributed by atoms with Crippen LogP contribution in [0.25, 0.3) is 0 Å². The van der Waals surface area contributed by atoms with E-state index in [1.54, 1.807) is 18.7 Å². The second kappa shape index (κ2) is 6.48. The van der Waals surface area contributed by atoms with E-state index < -0.39 is 0 Å². The molecule has 0 radical (unpaired) electrons. The topological polar surface area (TPSA) is 81.1 Å². The highest BCUT2D eigenvalue weighted by molar-refractivity contribution is 5.21. The van der Waals surface area contributed by atoms with Gasteiger partial charge in [-0.2, -0.15) is 5.26 Å². The first-order valence-electron chi connectivity index (χ1n) is 5.56. The van der Waals surface area contributed by atoms with Crippen molar-refractivity contribution < 1.29 is 0 Å². The molecule has 1 atom stereocenters. The number of aryl methyl sites for hydroxylation is 2. The van der Waals surface area contributed by atoms with E-state index in [-0.39, 0.29) is 5.92 Å². The predicted molar refractivity (Wildman–Crippen MR) is 65.3 cm³/mol. The largest absolute Gasteiger partial charge is 0.351 e. The highest BCUT2D eigenvalue weighted by Crippen LogP contribution is 2.15. The zero-order chi connectivity index (χ0) is 12.7. The van der Waals surface area contributed by atoms with Gasteiger partial charge in [-0.15, -0.1) is 0 Å². The molecule has 1 unspecified atom stereocenters. The van der Waals surface area contributed by atoms with Gasteiger partial charge in [0.1, 0.15) is 5.82 Å². The third kappa shape index (κ3) is 3.76. The van der Waals surface area contributed by atoms with Crippen LogP contribution in [0.5, 0.6) is 0 Å². The van der Waals surface area contributed by atoms with Gasteiger partial charge in [0.15, 0.2) is 0 Å². The van der Waals surface area contributed by atoms with Crippen LogP contribution in [-0.2, 0) is 6.42 Å². The molecule has 0 aliphatic rings. The molecule has 0 amide bonds. The molecule has 2 aromatic rings. The van der Waals surface area contributed by atoms with Gasteiger partial charge >= 0.3 is 0 Å². The Hall–Kier alpha value is -2.09. The summed E-state index contributed by atoms with van der Waals surface area (Å²) < 4.78 is 0. The van der Waals surface area contributed by atoms with Gasteiger partial charge in [0.05, 0.1) is 29.7 Å². The molecular weight excluding hydrogens is 214 g/mol. The average Bonchev–Trinajstić information content (AvgIpc) is 3.00. The fourth-order valence-corrected chi connectivity index (χ4v) is 1.41. The first-order valence-corrected chi connectivity index (χ1v) is 5.56. The first kappa shape index (κ1) is 13.0. The minimum Gasteiger partial charge on any atom is -0.351 e. The third-order valence-corrected chi connectivity index (χ3v) is 2.34. The van der Waals surface area contributed by atoms with Crippen molar-refractivity contribution in [1.29, 1.82) is 5.26 Å². The number of aromatic amines is 2. The smallest absolute Gasteiger partial charge is 0.106 e. The monoisotopic (exact) mass is 231 g/mol. The Labute approximate surface area is 101 Å². The van der Waals surface area contributed by atoms with Crippen molar-refractivity contribution >= 4 is 0 Å². The summed E-state index contributed by atoms with van der Waals surface area (Å²) in [5, 5.41) is 8.70. The quantitative estimate of drug-likeness (QED) is 0.832. The Morgan fingerprint density at radius 1 is 1.53 bits per heavy atom. The second-order valence-electron chi connectivity index (χ2n) is 3.65. The number of aromatic nitrogens is 4. The van der Waals surface area contributed by atoms with Crippen molar-refractivity contribution in [3.05, 3.63) is 35.9 Å². The fraction of sp³-hybridized carbons (Fsp3) is 0.417. The number of rotatable bonds is 2. The van der Waals surface area contributed by atoms with Crippen LogP contribution in [-0.4, -0.2) is 19.9 Å². The van der Waals surface area contributed by atoms with E-state index in [1.807, 2.05) is 20.8 Å². The number of nitriles is 1. The number of imidazole rings is 2. The van der Waals surface area contributed by atoms with Gasteiger partial charge in [0, 0.05) is 18.8 Å². The number of hydrogen-bond donors (Lipinski definition) is 2. The van der Waals surface area contributed by atoms with Crippen LogP contribution >= 0.6 is 0 Å². The molecular formula is C12H17N5. The van der Waals surface area contributed by atoms with Crippen LogP contribution < -0.4 is 0 Å². The fourth-order valence-electron chi connectivity index (χ4n) is 1.41. The van der Waals surface area contributed by atoms with E-state index in [1.165, 1.54) is 0 Å². The summed E-state index contributed by atoms with van der Waals surface area (Å²) in [5.41, 5.74) is 1.90. The van der Waals surface area contributed by atoms with E-state index in [0.29, 0.717) is 0 Å². The maximum absolute atomic E-state index is 8.70. The number of H-pyrrole nitrogens is 2. The first-order chi connectivity index (χ1) is 8.19. The molecule has 2 aromatic heterocycles. The summed E-state index contributed by atoms with van der Waals surface area (Å²) in [7, 11) is 0. The molecule has 0 aliphatic heterocycles. The van der Waals surface area contributed by atoms with Gasteiger partial charge in [-0.1, -0.05) is 6.92 Å². The molecule has 0 bridgehead atoms. The standard InChI is InChI=1S/C9H13N3.C3H4N2/c1-4-8-11-7(3)9(12-8)6(2)5-10;1-2-5-3-4-1/h6H,4H2,1-3H3,(H,11,12);1-3H,(H,4,5). The lowest BCUT2D eigenvalue weighted by atomic mass is 10.1. The van der Waals surface area contributed by atoms with Crippen LogP contribution in [0.15, 0.2) is 18.7 Å². The summed E-state index contributed by atoms with van der Waals surface area (Å²) in [6.07, 6.45) is 5.97. The van der Waals surface area contributed by atoms with Crippen molar-refractivity contribution in [1.82, 2.24) is 19.9 Å². The molecule has 5 nitrogen and oxygen atoms in total. The Morgan fingerprint density at radius 3 is 2.65 bits per heavy atom. The molecule has 17 heavy (non-hydrogen) atoms. The van der Waals surface area contributed by atoms with Crippen molar-refractivity contribution in [2.45, 2.75) is 33.1 Å². The second-order valence-corrected chi connectivity index (χ2v) is 3.65. The zero-order valence-corrected chi connectivity index (χ0v) is 10.4. The molecule has 2 heterocycles. The summed E-state index contributed by atoms with van der Waals surface area (Å²) >= 11 is 0. The highest BCUT2D eigenvalue weighted by Gasteiger charge is 2.11. The predicted octanol–water partition coefficient (Wildman–Crippen LogP) is 2.32. The summed E-state index contributed by atoms with van der Waals surface area (Å²) in [5.74, 6) is 0.877. The lowest BCUT2D eigenvalue weighted by Crippen LogP contribution is -1.92. The van der Waals surface area contributed by atoms with Gasteiger partial charge in [-0.3, -0.25) is 0 Å². The highest BCUT2D eigenvalue weighted by atomic mass is 14.9. The van der Waals surface area contributed by atoms with E-state index in [2.05, 4.69) is 26.0 Å². The molecule has 0 aliphatic carbocycles. The summed E-state index contributed by atoms with van der Waals surface area (Å²) in [4.78, 5) is 13.9. The minimum absolute atomic E-state index is 0.0854. The molecule has 90 valence electrons. The molecule has 0 saturated carbocycles. The van der Waals surface area contributed by atoms with Crippen LogP contribution in [0.1, 0.15) is 37.0 Å². The minimum atomic E-state index is -0.0854. The summed E-state index contributed by atoms with van der Waals surface area (Å²) in [6, 6.07) is 2.19. The van der Waals surface area contributed by atoms with E-state index >= 15 is 0 Å². The maximum atomic E-state index is 8.70. The van der Waals surface area contributed by atoms with Crippen LogP contribution in [0.2, 0.25) is 0 Å². The molecule has 0 spiro atoms. The van der Waals surface area contributed by atoms with E-state index in [9.17, 15) is 0 Å². The Morgan fingerprint density at radius 2 is 2.29 bits per heavy atom. The number of nitrogens with one attached hydrogen (secondary N) is 2. The van der Waals surface area contributed by atoms with Gasteiger partial charge < -0.3 is 9.97 Å². The van der Waals surface area contributed by atoms with Gasteiger partial charge in [0.2, 0.25) is 0 Å². The Balaban J connectivity index is 0.000000239. The van der Waals surface area contributed by atoms with Crippen LogP contribution in [0.3, 0.4) is 0 Å². The van der Waals surface area contributed by atoms with Crippen molar-refractivity contribution in [3.8, 4) is 6.07 Å².